The summed E-state index contributed by atoms with van der Waals surface area (Å²) in [6, 6.07) is 2.29. The van der Waals surface area contributed by atoms with Crippen LogP contribution in [0.4, 0.5) is 33.3 Å². The average molecular weight is 353 g/mol. The van der Waals surface area contributed by atoms with Gasteiger partial charge in [0.15, 0.2) is 0 Å². The number of nitrogens with zero attached hydrogens (tertiary/aromatic N) is 1. The van der Waals surface area contributed by atoms with Crippen molar-refractivity contribution in [2.24, 2.45) is 0 Å². The van der Waals surface area contributed by atoms with E-state index in [1.165, 1.54) is 13.0 Å². The highest BCUT2D eigenvalue weighted by Crippen LogP contribution is 2.30. The summed E-state index contributed by atoms with van der Waals surface area (Å²) in [5.74, 6) is -7.45. The zero-order valence-corrected chi connectivity index (χ0v) is 11.5. The molecule has 1 aromatic heterocycles. The number of hydrogen-bond donors (Lipinski definition) is 1. The van der Waals surface area contributed by atoms with Gasteiger partial charge in [-0.15, -0.1) is 0 Å². The molecule has 2 rings (SSSR count). The summed E-state index contributed by atoms with van der Waals surface area (Å²) in [7, 11) is 0. The van der Waals surface area contributed by atoms with E-state index in [0.717, 1.165) is 6.07 Å². The van der Waals surface area contributed by atoms with Crippen LogP contribution in [0.1, 0.15) is 5.56 Å². The Morgan fingerprint density at radius 2 is 1.55 bits per heavy atom. The zero-order chi connectivity index (χ0) is 15.0. The lowest BCUT2D eigenvalue weighted by Gasteiger charge is -2.12. The van der Waals surface area contributed by atoms with Gasteiger partial charge in [0.05, 0.1) is 4.47 Å². The Morgan fingerprint density at radius 1 is 1.00 bits per heavy atom. The predicted molar refractivity (Wildman–Crippen MR) is 66.2 cm³/mol. The first-order chi connectivity index (χ1) is 9.31. The van der Waals surface area contributed by atoms with Crippen molar-refractivity contribution in [1.29, 1.82) is 0 Å². The first-order valence-electron chi connectivity index (χ1n) is 5.24. The van der Waals surface area contributed by atoms with Crippen molar-refractivity contribution in [2.75, 3.05) is 5.32 Å². The van der Waals surface area contributed by atoms with Crippen LogP contribution in [0.15, 0.2) is 16.6 Å². The van der Waals surface area contributed by atoms with Gasteiger partial charge in [0.25, 0.3) is 11.9 Å². The van der Waals surface area contributed by atoms with Gasteiger partial charge in [0, 0.05) is 5.69 Å². The van der Waals surface area contributed by atoms with Crippen LogP contribution < -0.4 is 5.32 Å². The van der Waals surface area contributed by atoms with E-state index >= 15 is 0 Å². The topological polar surface area (TPSA) is 24.9 Å². The number of hydrogen-bond acceptors (Lipinski definition) is 2. The second kappa shape index (κ2) is 5.35. The number of aromatic nitrogens is 1. The molecule has 0 saturated heterocycles. The molecular formula is C12H6BrF5N2. The minimum Gasteiger partial charge on any atom is -0.350 e. The Labute approximate surface area is 118 Å². The Hall–Kier alpha value is -1.70. The molecule has 8 heteroatoms. The van der Waals surface area contributed by atoms with Crippen molar-refractivity contribution >= 4 is 27.3 Å². The molecule has 1 aromatic carbocycles. The lowest BCUT2D eigenvalue weighted by molar-refractivity contribution is 0.411. The summed E-state index contributed by atoms with van der Waals surface area (Å²) in [6.45, 7) is 1.46. The van der Waals surface area contributed by atoms with Gasteiger partial charge >= 0.3 is 0 Å². The van der Waals surface area contributed by atoms with E-state index in [9.17, 15) is 22.0 Å². The summed E-state index contributed by atoms with van der Waals surface area (Å²) in [4.78, 5) is 2.44. The number of halogens is 6. The minimum absolute atomic E-state index is 0.0291. The fraction of sp³-hybridized carbons (Fsp3) is 0.0833. The molecule has 0 bridgehead atoms. The van der Waals surface area contributed by atoms with E-state index in [2.05, 4.69) is 26.2 Å². The first-order valence-corrected chi connectivity index (χ1v) is 6.03. The largest absolute Gasteiger partial charge is 0.350 e. The lowest BCUT2D eigenvalue weighted by atomic mass is 10.2. The zero-order valence-electron chi connectivity index (χ0n) is 9.87. The standard InChI is InChI=1S/C12H6BrF5N2/c1-4-2-6(14)5(13)3-7(4)19-10-8(15)11(17)20-12(18)9(10)16/h2-3H,1H3,(H,19,20). The van der Waals surface area contributed by atoms with E-state index in [1.54, 1.807) is 0 Å². The summed E-state index contributed by atoms with van der Waals surface area (Å²) in [5.41, 5.74) is -0.653. The number of pyridine rings is 1. The summed E-state index contributed by atoms with van der Waals surface area (Å²) >= 11 is 2.90. The molecule has 0 unspecified atom stereocenters. The molecule has 0 amide bonds. The molecule has 0 saturated carbocycles. The molecular weight excluding hydrogens is 347 g/mol. The van der Waals surface area contributed by atoms with Crippen LogP contribution in [-0.2, 0) is 0 Å². The van der Waals surface area contributed by atoms with Gasteiger partial charge in [0.1, 0.15) is 11.5 Å². The third-order valence-corrected chi connectivity index (χ3v) is 3.13. The van der Waals surface area contributed by atoms with E-state index < -0.39 is 35.0 Å². The van der Waals surface area contributed by atoms with Crippen molar-refractivity contribution in [3.63, 3.8) is 0 Å². The molecule has 2 aromatic rings. The fourth-order valence-electron chi connectivity index (χ4n) is 1.51. The van der Waals surface area contributed by atoms with Gasteiger partial charge in [-0.25, -0.2) is 4.39 Å². The van der Waals surface area contributed by atoms with Crippen LogP contribution in [0.2, 0.25) is 0 Å². The Balaban J connectivity index is 2.53. The highest BCUT2D eigenvalue weighted by Gasteiger charge is 2.21. The van der Waals surface area contributed by atoms with Gasteiger partial charge < -0.3 is 5.32 Å². The first kappa shape index (κ1) is 14.7. The molecule has 0 atom stereocenters. The van der Waals surface area contributed by atoms with Gasteiger partial charge in [-0.3, -0.25) is 0 Å². The van der Waals surface area contributed by atoms with Gasteiger partial charge in [-0.2, -0.15) is 22.5 Å². The van der Waals surface area contributed by atoms with E-state index in [-0.39, 0.29) is 10.2 Å². The predicted octanol–water partition coefficient (Wildman–Crippen LogP) is 4.59. The maximum Gasteiger partial charge on any atom is 0.253 e. The molecule has 0 aliphatic rings. The normalized spacial score (nSPS) is 10.8. The summed E-state index contributed by atoms with van der Waals surface area (Å²) in [6.07, 6.45) is 0. The van der Waals surface area contributed by atoms with Crippen LogP contribution in [0, 0.1) is 36.3 Å². The van der Waals surface area contributed by atoms with Crippen molar-refractivity contribution in [3.05, 3.63) is 51.5 Å². The maximum atomic E-state index is 13.4. The third-order valence-electron chi connectivity index (χ3n) is 2.52. The number of anilines is 2. The molecule has 106 valence electrons. The molecule has 1 heterocycles. The highest BCUT2D eigenvalue weighted by atomic mass is 79.9. The quantitative estimate of drug-likeness (QED) is 0.631. The van der Waals surface area contributed by atoms with E-state index in [0.29, 0.717) is 5.56 Å². The van der Waals surface area contributed by atoms with Crippen molar-refractivity contribution < 1.29 is 22.0 Å². The van der Waals surface area contributed by atoms with Crippen LogP contribution >= 0.6 is 15.9 Å². The Bertz CT molecular complexity index is 664. The van der Waals surface area contributed by atoms with Gasteiger partial charge in [-0.1, -0.05) is 0 Å². The molecule has 2 nitrogen and oxygen atoms in total. The van der Waals surface area contributed by atoms with Crippen LogP contribution in [0.25, 0.3) is 0 Å². The second-order valence-corrected chi connectivity index (χ2v) is 4.76. The van der Waals surface area contributed by atoms with E-state index in [1.807, 2.05) is 0 Å². The molecule has 0 radical (unpaired) electrons. The summed E-state index contributed by atoms with van der Waals surface area (Å²) in [5, 5.41) is 2.19. The van der Waals surface area contributed by atoms with Crippen molar-refractivity contribution in [1.82, 2.24) is 4.98 Å². The van der Waals surface area contributed by atoms with Crippen LogP contribution in [-0.4, -0.2) is 4.98 Å². The van der Waals surface area contributed by atoms with E-state index in [4.69, 9.17) is 0 Å². The van der Waals surface area contributed by atoms with Crippen molar-refractivity contribution in [2.45, 2.75) is 6.92 Å². The average Bonchev–Trinajstić information content (AvgIpc) is 2.38. The number of rotatable bonds is 2. The Morgan fingerprint density at radius 3 is 2.10 bits per heavy atom. The molecule has 0 aliphatic heterocycles. The van der Waals surface area contributed by atoms with Gasteiger partial charge in [-0.05, 0) is 40.5 Å². The lowest BCUT2D eigenvalue weighted by Crippen LogP contribution is -2.07. The highest BCUT2D eigenvalue weighted by molar-refractivity contribution is 9.10. The van der Waals surface area contributed by atoms with Crippen LogP contribution in [0.3, 0.4) is 0 Å². The van der Waals surface area contributed by atoms with Crippen molar-refractivity contribution in [3.8, 4) is 0 Å². The smallest absolute Gasteiger partial charge is 0.253 e. The third kappa shape index (κ3) is 2.60. The Kier molecular flexibility index (Phi) is 3.94. The van der Waals surface area contributed by atoms with Gasteiger partial charge in [0.2, 0.25) is 11.6 Å². The minimum atomic E-state index is -1.77. The fourth-order valence-corrected chi connectivity index (χ4v) is 1.86. The number of benzene rings is 1. The molecule has 20 heavy (non-hydrogen) atoms. The number of nitrogens with one attached hydrogen (secondary N) is 1. The second-order valence-electron chi connectivity index (χ2n) is 3.90. The molecule has 0 spiro atoms. The number of aryl methyl sites for hydroxylation is 1. The SMILES string of the molecule is Cc1cc(F)c(Br)cc1Nc1c(F)c(F)nc(F)c1F. The molecule has 0 fully saturated rings. The van der Waals surface area contributed by atoms with Crippen LogP contribution in [0.5, 0.6) is 0 Å². The summed E-state index contributed by atoms with van der Waals surface area (Å²) < 4.78 is 66.1. The maximum absolute atomic E-state index is 13.4. The monoisotopic (exact) mass is 352 g/mol. The molecule has 1 N–H and O–H groups in total. The molecule has 0 aliphatic carbocycles.